The number of pyridine rings is 1. The van der Waals surface area contributed by atoms with Crippen molar-refractivity contribution in [1.82, 2.24) is 10.3 Å². The van der Waals surface area contributed by atoms with E-state index in [2.05, 4.69) is 10.3 Å². The number of aryl methyl sites for hydroxylation is 1. The molecule has 7 heteroatoms. The van der Waals surface area contributed by atoms with Crippen LogP contribution < -0.4 is 10.9 Å². The molecule has 1 amide bonds. The highest BCUT2D eigenvalue weighted by molar-refractivity contribution is 6.08. The number of nitrogens with one attached hydrogen (secondary N) is 2. The molecule has 0 atom stereocenters. The minimum Gasteiger partial charge on any atom is -0.507 e. The van der Waals surface area contributed by atoms with Gasteiger partial charge in [-0.15, -0.1) is 0 Å². The lowest BCUT2D eigenvalue weighted by Crippen LogP contribution is -2.28. The zero-order chi connectivity index (χ0) is 19.3. The molecule has 0 spiro atoms. The lowest BCUT2D eigenvalue weighted by Gasteiger charge is -2.03. The Morgan fingerprint density at radius 3 is 2.42 bits per heavy atom. The molecule has 0 bridgehead atoms. The predicted octanol–water partition coefficient (Wildman–Crippen LogP) is 1.60. The summed E-state index contributed by atoms with van der Waals surface area (Å²) in [7, 11) is 0. The van der Waals surface area contributed by atoms with Crippen LogP contribution in [0.4, 0.5) is 0 Å². The van der Waals surface area contributed by atoms with E-state index in [1.165, 1.54) is 25.1 Å². The molecule has 0 radical (unpaired) electrons. The lowest BCUT2D eigenvalue weighted by atomic mass is 10.1. The maximum absolute atomic E-state index is 12.1. The van der Waals surface area contributed by atoms with Gasteiger partial charge in [-0.2, -0.15) is 0 Å². The molecule has 1 heterocycles. The first-order chi connectivity index (χ1) is 12.3. The Labute approximate surface area is 149 Å². The largest absolute Gasteiger partial charge is 0.507 e. The summed E-state index contributed by atoms with van der Waals surface area (Å²) in [6, 6.07) is 7.64. The number of aromatic hydroxyl groups is 1. The first kappa shape index (κ1) is 18.9. The highest BCUT2D eigenvalue weighted by Crippen LogP contribution is 2.15. The lowest BCUT2D eigenvalue weighted by molar-refractivity contribution is -0.116. The number of hydrogen-bond donors (Lipinski definition) is 3. The van der Waals surface area contributed by atoms with Crippen molar-refractivity contribution in [2.24, 2.45) is 0 Å². The van der Waals surface area contributed by atoms with E-state index in [0.29, 0.717) is 16.8 Å². The summed E-state index contributed by atoms with van der Waals surface area (Å²) in [5.74, 6) is -1.53. The molecule has 134 valence electrons. The van der Waals surface area contributed by atoms with Crippen LogP contribution in [0.5, 0.6) is 5.75 Å². The van der Waals surface area contributed by atoms with Crippen LogP contribution in [-0.2, 0) is 4.79 Å². The predicted molar refractivity (Wildman–Crippen MR) is 96.3 cm³/mol. The molecular formula is C19H18N2O5. The number of hydrogen-bond acceptors (Lipinski definition) is 5. The van der Waals surface area contributed by atoms with E-state index >= 15 is 0 Å². The molecular weight excluding hydrogens is 336 g/mol. The fourth-order valence-corrected chi connectivity index (χ4v) is 2.22. The molecule has 2 rings (SSSR count). The van der Waals surface area contributed by atoms with Gasteiger partial charge in [-0.05, 0) is 43.7 Å². The summed E-state index contributed by atoms with van der Waals surface area (Å²) in [6.45, 7) is 2.94. The summed E-state index contributed by atoms with van der Waals surface area (Å²) in [4.78, 5) is 49.1. The van der Waals surface area contributed by atoms with Crippen molar-refractivity contribution in [3.05, 3.63) is 69.1 Å². The molecule has 0 fully saturated rings. The second kappa shape index (κ2) is 8.06. The molecule has 26 heavy (non-hydrogen) atoms. The van der Waals surface area contributed by atoms with Crippen molar-refractivity contribution < 1.29 is 19.5 Å². The molecule has 7 nitrogen and oxygen atoms in total. The van der Waals surface area contributed by atoms with E-state index in [4.69, 9.17) is 0 Å². The number of rotatable bonds is 6. The summed E-state index contributed by atoms with van der Waals surface area (Å²) < 4.78 is 0. The van der Waals surface area contributed by atoms with Gasteiger partial charge in [0.25, 0.3) is 11.5 Å². The highest BCUT2D eigenvalue weighted by atomic mass is 16.3. The third-order valence-electron chi connectivity index (χ3n) is 3.49. The van der Waals surface area contributed by atoms with Gasteiger partial charge in [0, 0.05) is 11.3 Å². The van der Waals surface area contributed by atoms with Crippen LogP contribution in [0.3, 0.4) is 0 Å². The van der Waals surface area contributed by atoms with Gasteiger partial charge in [-0.3, -0.25) is 19.2 Å². The number of amides is 1. The number of ketones is 2. The van der Waals surface area contributed by atoms with E-state index in [1.54, 1.807) is 31.2 Å². The van der Waals surface area contributed by atoms with E-state index in [-0.39, 0.29) is 29.5 Å². The van der Waals surface area contributed by atoms with Crippen LogP contribution >= 0.6 is 0 Å². The van der Waals surface area contributed by atoms with Crippen molar-refractivity contribution >= 4 is 23.5 Å². The van der Waals surface area contributed by atoms with Gasteiger partial charge in [-0.25, -0.2) is 0 Å². The maximum Gasteiger partial charge on any atom is 0.263 e. The second-order valence-corrected chi connectivity index (χ2v) is 5.75. The standard InChI is InChI=1S/C19H18N2O5/c1-11-9-16(24)17(19(26)21-11)15(23)8-5-13-3-6-14(7-4-13)18(25)20-10-12(2)22/h3-9H,10H2,1-2H3,(H,20,25)(H2,21,24,26)/b8-5+. The molecule has 3 N–H and O–H groups in total. The molecule has 0 aliphatic carbocycles. The molecule has 0 aliphatic heterocycles. The Bertz CT molecular complexity index is 939. The Morgan fingerprint density at radius 2 is 1.85 bits per heavy atom. The number of Topliss-reactive ketones (excluding diaryl/α,β-unsaturated/α-hetero) is 1. The average Bonchev–Trinajstić information content (AvgIpc) is 2.57. The number of aromatic nitrogens is 1. The Hall–Kier alpha value is -3.48. The van der Waals surface area contributed by atoms with E-state index in [0.717, 1.165) is 0 Å². The number of carbonyl (C=O) groups excluding carboxylic acids is 3. The van der Waals surface area contributed by atoms with Gasteiger partial charge in [0.15, 0.2) is 5.78 Å². The van der Waals surface area contributed by atoms with E-state index in [9.17, 15) is 24.3 Å². The number of allylic oxidation sites excluding steroid dienone is 1. The van der Waals surface area contributed by atoms with Crippen molar-refractivity contribution in [3.8, 4) is 5.75 Å². The maximum atomic E-state index is 12.1. The molecule has 0 saturated heterocycles. The zero-order valence-electron chi connectivity index (χ0n) is 14.3. The SMILES string of the molecule is CC(=O)CNC(=O)c1ccc(/C=C/C(=O)c2c(O)cc(C)[nH]c2=O)cc1. The highest BCUT2D eigenvalue weighted by Gasteiger charge is 2.14. The average molecular weight is 354 g/mol. The smallest absolute Gasteiger partial charge is 0.263 e. The fourth-order valence-electron chi connectivity index (χ4n) is 2.22. The van der Waals surface area contributed by atoms with Gasteiger partial charge >= 0.3 is 0 Å². The Morgan fingerprint density at radius 1 is 1.19 bits per heavy atom. The number of benzene rings is 1. The molecule has 1 aromatic carbocycles. The Kier molecular flexibility index (Phi) is 5.85. The molecule has 0 aliphatic rings. The summed E-state index contributed by atoms with van der Waals surface area (Å²) in [5.41, 5.74) is 0.472. The van der Waals surface area contributed by atoms with Crippen molar-refractivity contribution in [2.45, 2.75) is 13.8 Å². The van der Waals surface area contributed by atoms with Gasteiger partial charge < -0.3 is 15.4 Å². The van der Waals surface area contributed by atoms with Crippen LogP contribution in [0.2, 0.25) is 0 Å². The van der Waals surface area contributed by atoms with Crippen LogP contribution in [0, 0.1) is 6.92 Å². The van der Waals surface area contributed by atoms with Gasteiger partial charge in [-0.1, -0.05) is 18.2 Å². The van der Waals surface area contributed by atoms with E-state index < -0.39 is 11.3 Å². The van der Waals surface area contributed by atoms with Gasteiger partial charge in [0.2, 0.25) is 0 Å². The minimum absolute atomic E-state index is 0.0381. The second-order valence-electron chi connectivity index (χ2n) is 5.75. The third kappa shape index (κ3) is 4.76. The van der Waals surface area contributed by atoms with Crippen molar-refractivity contribution in [1.29, 1.82) is 0 Å². The summed E-state index contributed by atoms with van der Waals surface area (Å²) in [6.07, 6.45) is 2.64. The molecule has 0 saturated carbocycles. The fraction of sp³-hybridized carbons (Fsp3) is 0.158. The Balaban J connectivity index is 2.11. The normalized spacial score (nSPS) is 10.7. The third-order valence-corrected chi connectivity index (χ3v) is 3.49. The van der Waals surface area contributed by atoms with Crippen LogP contribution in [0.15, 0.2) is 41.2 Å². The first-order valence-electron chi connectivity index (χ1n) is 7.81. The van der Waals surface area contributed by atoms with Crippen LogP contribution in [0.1, 0.15) is 38.9 Å². The minimum atomic E-state index is -0.658. The van der Waals surface area contributed by atoms with E-state index in [1.807, 2.05) is 0 Å². The quantitative estimate of drug-likeness (QED) is 0.538. The van der Waals surface area contributed by atoms with Crippen LogP contribution in [-0.4, -0.2) is 34.1 Å². The summed E-state index contributed by atoms with van der Waals surface area (Å²) in [5, 5.41) is 12.3. The van der Waals surface area contributed by atoms with Gasteiger partial charge in [0.05, 0.1) is 6.54 Å². The molecule has 1 aromatic heterocycles. The first-order valence-corrected chi connectivity index (χ1v) is 7.81. The topological polar surface area (TPSA) is 116 Å². The number of H-pyrrole nitrogens is 1. The number of carbonyl (C=O) groups is 3. The zero-order valence-corrected chi connectivity index (χ0v) is 14.3. The van der Waals surface area contributed by atoms with Crippen molar-refractivity contribution in [2.75, 3.05) is 6.54 Å². The molecule has 2 aromatic rings. The van der Waals surface area contributed by atoms with Gasteiger partial charge in [0.1, 0.15) is 17.1 Å². The van der Waals surface area contributed by atoms with Crippen LogP contribution in [0.25, 0.3) is 6.08 Å². The monoisotopic (exact) mass is 354 g/mol. The molecule has 0 unspecified atom stereocenters. The summed E-state index contributed by atoms with van der Waals surface area (Å²) >= 11 is 0. The number of aromatic amines is 1. The van der Waals surface area contributed by atoms with Crippen molar-refractivity contribution in [3.63, 3.8) is 0 Å².